The molecule has 3 heteroatoms. The van der Waals surface area contributed by atoms with E-state index >= 15 is 0 Å². The zero-order valence-electron chi connectivity index (χ0n) is 8.49. The molecule has 1 aliphatic rings. The van der Waals surface area contributed by atoms with E-state index in [1.807, 2.05) is 4.90 Å². The molecule has 0 bridgehead atoms. The van der Waals surface area contributed by atoms with Crippen molar-refractivity contribution in [3.8, 4) is 0 Å². The minimum Gasteiger partial charge on any atom is -0.391 e. The Hall–Kier alpha value is -0.570. The van der Waals surface area contributed by atoms with E-state index in [0.29, 0.717) is 12.6 Å². The van der Waals surface area contributed by atoms with Crippen molar-refractivity contribution in [3.63, 3.8) is 0 Å². The number of aliphatic hydroxyl groups is 1. The van der Waals surface area contributed by atoms with Gasteiger partial charge in [-0.15, -0.1) is 0 Å². The second-order valence-electron chi connectivity index (χ2n) is 3.85. The number of aliphatic hydroxyl groups excluding tert-OH is 1. The summed E-state index contributed by atoms with van der Waals surface area (Å²) in [7, 11) is 0. The Labute approximate surface area is 79.7 Å². The van der Waals surface area contributed by atoms with Crippen LogP contribution in [-0.4, -0.2) is 34.6 Å². The van der Waals surface area contributed by atoms with Crippen molar-refractivity contribution in [2.24, 2.45) is 0 Å². The molecule has 0 radical (unpaired) electrons. The second kappa shape index (κ2) is 4.61. The van der Waals surface area contributed by atoms with Gasteiger partial charge in [-0.1, -0.05) is 13.3 Å². The molecule has 1 aliphatic heterocycles. The maximum atomic E-state index is 11.2. The van der Waals surface area contributed by atoms with E-state index in [4.69, 9.17) is 0 Å². The third-order valence-electron chi connectivity index (χ3n) is 2.71. The number of rotatable bonds is 2. The standard InChI is InChI=1S/C10H19NO2/c1-3-4-9-5-6-10(13)7-11(9)8(2)12/h9-10,13H,3-7H2,1-2H3. The number of hydrogen-bond acceptors (Lipinski definition) is 2. The highest BCUT2D eigenvalue weighted by atomic mass is 16.3. The Morgan fingerprint density at radius 3 is 2.77 bits per heavy atom. The second-order valence-corrected chi connectivity index (χ2v) is 3.85. The fourth-order valence-electron chi connectivity index (χ4n) is 2.03. The van der Waals surface area contributed by atoms with Crippen LogP contribution < -0.4 is 0 Å². The van der Waals surface area contributed by atoms with Gasteiger partial charge in [0, 0.05) is 19.5 Å². The van der Waals surface area contributed by atoms with Crippen LogP contribution in [0.25, 0.3) is 0 Å². The van der Waals surface area contributed by atoms with Crippen molar-refractivity contribution in [2.45, 2.75) is 51.7 Å². The van der Waals surface area contributed by atoms with Crippen molar-refractivity contribution in [2.75, 3.05) is 6.54 Å². The average Bonchev–Trinajstić information content (AvgIpc) is 2.08. The highest BCUT2D eigenvalue weighted by molar-refractivity contribution is 5.73. The molecule has 0 aliphatic carbocycles. The van der Waals surface area contributed by atoms with Crippen molar-refractivity contribution in [3.05, 3.63) is 0 Å². The van der Waals surface area contributed by atoms with Gasteiger partial charge >= 0.3 is 0 Å². The molecule has 1 N–H and O–H groups in total. The average molecular weight is 185 g/mol. The Morgan fingerprint density at radius 2 is 2.23 bits per heavy atom. The van der Waals surface area contributed by atoms with E-state index < -0.39 is 0 Å². The molecule has 2 atom stereocenters. The Bertz CT molecular complexity index is 182. The lowest BCUT2D eigenvalue weighted by atomic mass is 9.96. The van der Waals surface area contributed by atoms with Crippen LogP contribution in [0.2, 0.25) is 0 Å². The van der Waals surface area contributed by atoms with Gasteiger partial charge in [0.1, 0.15) is 0 Å². The molecule has 0 aromatic heterocycles. The SMILES string of the molecule is CCCC1CCC(O)CN1C(C)=O. The zero-order valence-corrected chi connectivity index (χ0v) is 8.49. The molecule has 0 aromatic rings. The van der Waals surface area contributed by atoms with E-state index in [2.05, 4.69) is 6.92 Å². The van der Waals surface area contributed by atoms with E-state index in [1.54, 1.807) is 6.92 Å². The number of nitrogens with zero attached hydrogens (tertiary/aromatic N) is 1. The molecular formula is C10H19NO2. The third kappa shape index (κ3) is 2.69. The Morgan fingerprint density at radius 1 is 1.54 bits per heavy atom. The molecule has 1 heterocycles. The molecule has 1 saturated heterocycles. The first-order chi connectivity index (χ1) is 6.15. The Balaban J connectivity index is 2.55. The number of carbonyl (C=O) groups is 1. The lowest BCUT2D eigenvalue weighted by Gasteiger charge is -2.37. The molecule has 0 saturated carbocycles. The maximum absolute atomic E-state index is 11.2. The number of hydrogen-bond donors (Lipinski definition) is 1. The van der Waals surface area contributed by atoms with Crippen LogP contribution in [0, 0.1) is 0 Å². The molecule has 1 amide bonds. The predicted molar refractivity (Wildman–Crippen MR) is 51.3 cm³/mol. The zero-order chi connectivity index (χ0) is 9.84. The van der Waals surface area contributed by atoms with Gasteiger partial charge < -0.3 is 10.0 Å². The van der Waals surface area contributed by atoms with E-state index in [9.17, 15) is 9.90 Å². The highest BCUT2D eigenvalue weighted by Crippen LogP contribution is 2.20. The van der Waals surface area contributed by atoms with Crippen LogP contribution in [0.1, 0.15) is 39.5 Å². The Kier molecular flexibility index (Phi) is 3.72. The molecule has 1 fully saturated rings. The molecule has 2 unspecified atom stereocenters. The lowest BCUT2D eigenvalue weighted by Crippen LogP contribution is -2.47. The monoisotopic (exact) mass is 185 g/mol. The summed E-state index contributed by atoms with van der Waals surface area (Å²) in [5, 5.41) is 9.42. The highest BCUT2D eigenvalue weighted by Gasteiger charge is 2.27. The van der Waals surface area contributed by atoms with Gasteiger partial charge in [-0.05, 0) is 19.3 Å². The first-order valence-corrected chi connectivity index (χ1v) is 5.10. The first-order valence-electron chi connectivity index (χ1n) is 5.10. The largest absolute Gasteiger partial charge is 0.391 e. The third-order valence-corrected chi connectivity index (χ3v) is 2.71. The van der Waals surface area contributed by atoms with Crippen LogP contribution in [0.3, 0.4) is 0 Å². The molecular weight excluding hydrogens is 166 g/mol. The van der Waals surface area contributed by atoms with Crippen LogP contribution >= 0.6 is 0 Å². The van der Waals surface area contributed by atoms with E-state index in [1.165, 1.54) is 0 Å². The first kappa shape index (κ1) is 10.5. The number of β-amino-alcohol motifs (C(OH)–C–C–N with tert-alkyl or cyclic N) is 1. The minimum atomic E-state index is -0.308. The van der Waals surface area contributed by atoms with Crippen molar-refractivity contribution < 1.29 is 9.90 Å². The number of carbonyl (C=O) groups excluding carboxylic acids is 1. The number of amides is 1. The van der Waals surface area contributed by atoms with Crippen LogP contribution in [0.4, 0.5) is 0 Å². The topological polar surface area (TPSA) is 40.5 Å². The van der Waals surface area contributed by atoms with E-state index in [0.717, 1.165) is 25.7 Å². The quantitative estimate of drug-likeness (QED) is 0.701. The van der Waals surface area contributed by atoms with Gasteiger partial charge in [-0.2, -0.15) is 0 Å². The van der Waals surface area contributed by atoms with Gasteiger partial charge in [0.15, 0.2) is 0 Å². The van der Waals surface area contributed by atoms with Gasteiger partial charge in [0.2, 0.25) is 5.91 Å². The summed E-state index contributed by atoms with van der Waals surface area (Å²) in [6, 6.07) is 0.367. The smallest absolute Gasteiger partial charge is 0.219 e. The lowest BCUT2D eigenvalue weighted by molar-refractivity contribution is -0.135. The molecule has 3 nitrogen and oxygen atoms in total. The molecule has 0 spiro atoms. The van der Waals surface area contributed by atoms with Crippen LogP contribution in [0.15, 0.2) is 0 Å². The van der Waals surface area contributed by atoms with Crippen molar-refractivity contribution in [1.29, 1.82) is 0 Å². The molecule has 13 heavy (non-hydrogen) atoms. The summed E-state index contributed by atoms with van der Waals surface area (Å²) in [5.41, 5.74) is 0. The summed E-state index contributed by atoms with van der Waals surface area (Å²) < 4.78 is 0. The predicted octanol–water partition coefficient (Wildman–Crippen LogP) is 1.16. The molecule has 1 rings (SSSR count). The summed E-state index contributed by atoms with van der Waals surface area (Å²) in [5.74, 6) is 0.0946. The van der Waals surface area contributed by atoms with Gasteiger partial charge in [-0.3, -0.25) is 4.79 Å². The minimum absolute atomic E-state index is 0.0946. The normalized spacial score (nSPS) is 29.0. The van der Waals surface area contributed by atoms with Gasteiger partial charge in [-0.25, -0.2) is 0 Å². The van der Waals surface area contributed by atoms with Crippen LogP contribution in [0.5, 0.6) is 0 Å². The summed E-state index contributed by atoms with van der Waals surface area (Å²) in [6.45, 7) is 4.24. The summed E-state index contributed by atoms with van der Waals surface area (Å²) >= 11 is 0. The number of piperidine rings is 1. The van der Waals surface area contributed by atoms with E-state index in [-0.39, 0.29) is 12.0 Å². The summed E-state index contributed by atoms with van der Waals surface area (Å²) in [6.07, 6.45) is 3.65. The van der Waals surface area contributed by atoms with Crippen LogP contribution in [-0.2, 0) is 4.79 Å². The molecule has 76 valence electrons. The van der Waals surface area contributed by atoms with Crippen molar-refractivity contribution >= 4 is 5.91 Å². The summed E-state index contributed by atoms with van der Waals surface area (Å²) in [4.78, 5) is 13.1. The van der Waals surface area contributed by atoms with Gasteiger partial charge in [0.25, 0.3) is 0 Å². The fourth-order valence-corrected chi connectivity index (χ4v) is 2.03. The number of likely N-dealkylation sites (tertiary alicyclic amines) is 1. The van der Waals surface area contributed by atoms with Gasteiger partial charge in [0.05, 0.1) is 6.10 Å². The molecule has 0 aromatic carbocycles. The van der Waals surface area contributed by atoms with Crippen molar-refractivity contribution in [1.82, 2.24) is 4.90 Å². The fraction of sp³-hybridized carbons (Fsp3) is 0.900. The maximum Gasteiger partial charge on any atom is 0.219 e.